The average Bonchev–Trinajstić information content (AvgIpc) is 2.94. The SMILES string of the molecule is C=CC=Nc1c(O)cc2c(O)c1C[C@@H](C)C[C@H](OC)[C@H](O)[C@@H](C)C=C(C)[C@H](OC(N)=O)[C@@H](OC)/C=C/C=C(\C)C(=O)N2. The predicted octanol–water partition coefficient (Wildman–Crippen LogP) is 4.45. The molecule has 1 heterocycles. The smallest absolute Gasteiger partial charge is 0.405 e. The minimum absolute atomic E-state index is 0.00774. The van der Waals surface area contributed by atoms with E-state index in [0.717, 1.165) is 0 Å². The number of ether oxygens (including phenoxy) is 3. The van der Waals surface area contributed by atoms with Gasteiger partial charge in [-0.15, -0.1) is 0 Å². The fraction of sp³-hybridized carbons (Fsp3) is 0.452. The largest absolute Gasteiger partial charge is 0.506 e. The molecule has 2 rings (SSSR count). The molecule has 11 heteroatoms. The van der Waals surface area contributed by atoms with Crippen molar-refractivity contribution in [1.29, 1.82) is 0 Å². The number of aliphatic imine (C=N–C) groups is 1. The van der Waals surface area contributed by atoms with Crippen LogP contribution in [-0.2, 0) is 25.4 Å². The Balaban J connectivity index is 2.69. The molecule has 6 N–H and O–H groups in total. The minimum atomic E-state index is -0.994. The first-order valence-electron chi connectivity index (χ1n) is 13.6. The van der Waals surface area contributed by atoms with Crippen molar-refractivity contribution in [3.8, 4) is 11.5 Å². The maximum Gasteiger partial charge on any atom is 0.405 e. The van der Waals surface area contributed by atoms with Gasteiger partial charge in [-0.3, -0.25) is 9.79 Å². The van der Waals surface area contributed by atoms with E-state index in [2.05, 4.69) is 16.9 Å². The normalized spacial score (nSPS) is 28.3. The van der Waals surface area contributed by atoms with Gasteiger partial charge in [0.1, 0.15) is 23.3 Å². The van der Waals surface area contributed by atoms with Crippen molar-refractivity contribution < 1.29 is 39.1 Å². The lowest BCUT2D eigenvalue weighted by atomic mass is 9.87. The van der Waals surface area contributed by atoms with Crippen molar-refractivity contribution in [2.24, 2.45) is 22.6 Å². The molecule has 0 saturated heterocycles. The van der Waals surface area contributed by atoms with Gasteiger partial charge in [0.25, 0.3) is 5.91 Å². The van der Waals surface area contributed by atoms with Crippen LogP contribution in [0.2, 0.25) is 0 Å². The zero-order valence-electron chi connectivity index (χ0n) is 25.0. The van der Waals surface area contributed by atoms with Gasteiger partial charge in [-0.05, 0) is 38.2 Å². The van der Waals surface area contributed by atoms with Gasteiger partial charge in [0.05, 0.1) is 17.9 Å². The molecule has 0 aromatic heterocycles. The van der Waals surface area contributed by atoms with Crippen LogP contribution >= 0.6 is 0 Å². The standard InChI is InChI=1S/C31H43N3O8/c1-8-12-33-26-21-13-17(2)14-25(41-7)27(36)19(4)15-20(5)29(42-31(32)39)24(40-6)11-9-10-18(3)30(38)34-22(28(21)37)16-23(26)35/h8-12,15-17,19,24-25,27,29,35-37H,1,13-14H2,2-7H3,(H2,32,39)(H,34,38)/b11-9+,18-10+,20-15?,33-12?/t17-,19+,24+,25+,27-,29+/m1/s1. The second kappa shape index (κ2) is 15.9. The van der Waals surface area contributed by atoms with Crippen molar-refractivity contribution in [3.05, 3.63) is 59.7 Å². The summed E-state index contributed by atoms with van der Waals surface area (Å²) in [7, 11) is 2.94. The van der Waals surface area contributed by atoms with Gasteiger partial charge in [-0.1, -0.05) is 50.8 Å². The van der Waals surface area contributed by atoms with Crippen LogP contribution in [0.3, 0.4) is 0 Å². The minimum Gasteiger partial charge on any atom is -0.506 e. The van der Waals surface area contributed by atoms with E-state index in [1.54, 1.807) is 32.1 Å². The Hall–Kier alpha value is -3.93. The molecule has 0 fully saturated rings. The molecule has 0 unspecified atom stereocenters. The van der Waals surface area contributed by atoms with Crippen LogP contribution in [0, 0.1) is 11.8 Å². The van der Waals surface area contributed by atoms with Gasteiger partial charge >= 0.3 is 6.09 Å². The topological polar surface area (TPSA) is 173 Å². The molecule has 1 aromatic carbocycles. The number of phenolic OH excluding ortho intramolecular Hbond substituents is 2. The number of amides is 2. The third-order valence-electron chi connectivity index (χ3n) is 7.11. The summed E-state index contributed by atoms with van der Waals surface area (Å²) in [6.07, 6.45) is 5.69. The van der Waals surface area contributed by atoms with Crippen molar-refractivity contribution in [1.82, 2.24) is 0 Å². The van der Waals surface area contributed by atoms with E-state index >= 15 is 0 Å². The van der Waals surface area contributed by atoms with E-state index in [1.807, 2.05) is 13.8 Å². The zero-order chi connectivity index (χ0) is 31.6. The third kappa shape index (κ3) is 9.04. The summed E-state index contributed by atoms with van der Waals surface area (Å²) in [5.41, 5.74) is 6.69. The lowest BCUT2D eigenvalue weighted by molar-refractivity contribution is -0.112. The number of aliphatic hydroxyl groups excluding tert-OH is 1. The molecule has 6 atom stereocenters. The highest BCUT2D eigenvalue weighted by Gasteiger charge is 2.30. The first-order valence-corrected chi connectivity index (χ1v) is 13.6. The fourth-order valence-corrected chi connectivity index (χ4v) is 4.87. The quantitative estimate of drug-likeness (QED) is 0.146. The molecule has 0 saturated carbocycles. The number of methoxy groups -OCH3 is 2. The van der Waals surface area contributed by atoms with Crippen LogP contribution < -0.4 is 11.1 Å². The summed E-state index contributed by atoms with van der Waals surface area (Å²) in [5.74, 6) is -1.61. The van der Waals surface area contributed by atoms with Crippen molar-refractivity contribution in [2.75, 3.05) is 19.5 Å². The van der Waals surface area contributed by atoms with E-state index < -0.39 is 42.3 Å². The first kappa shape index (κ1) is 34.3. The molecule has 0 radical (unpaired) electrons. The number of nitrogens with zero attached hydrogens (tertiary/aromatic N) is 1. The Morgan fingerprint density at radius 1 is 1.21 bits per heavy atom. The molecule has 1 aliphatic heterocycles. The monoisotopic (exact) mass is 585 g/mol. The lowest BCUT2D eigenvalue weighted by Crippen LogP contribution is -2.37. The van der Waals surface area contributed by atoms with Crippen molar-refractivity contribution in [3.63, 3.8) is 0 Å². The molecule has 11 nitrogen and oxygen atoms in total. The summed E-state index contributed by atoms with van der Waals surface area (Å²) in [4.78, 5) is 29.0. The number of anilines is 1. The molecule has 0 aliphatic carbocycles. The van der Waals surface area contributed by atoms with Crippen LogP contribution in [0.5, 0.6) is 11.5 Å². The number of nitrogens with one attached hydrogen (secondary N) is 1. The van der Waals surface area contributed by atoms with E-state index in [-0.39, 0.29) is 40.8 Å². The highest BCUT2D eigenvalue weighted by Crippen LogP contribution is 2.44. The summed E-state index contributed by atoms with van der Waals surface area (Å²) < 4.78 is 16.6. The molecule has 230 valence electrons. The van der Waals surface area contributed by atoms with Crippen LogP contribution in [0.4, 0.5) is 16.2 Å². The maximum atomic E-state index is 13.0. The number of hydrogen-bond acceptors (Lipinski definition) is 9. The molecule has 2 amide bonds. The highest BCUT2D eigenvalue weighted by molar-refractivity contribution is 6.04. The number of benzene rings is 1. The number of aliphatic hydroxyl groups is 1. The summed E-state index contributed by atoms with van der Waals surface area (Å²) >= 11 is 0. The number of carbonyl (C=O) groups excluding carboxylic acids is 2. The molecule has 42 heavy (non-hydrogen) atoms. The zero-order valence-corrected chi connectivity index (χ0v) is 25.0. The first-order chi connectivity index (χ1) is 19.8. The summed E-state index contributed by atoms with van der Waals surface area (Å²) in [5, 5.41) is 35.9. The van der Waals surface area contributed by atoms with Crippen LogP contribution in [0.15, 0.2) is 59.2 Å². The summed E-state index contributed by atoms with van der Waals surface area (Å²) in [6, 6.07) is 1.23. The third-order valence-corrected chi connectivity index (χ3v) is 7.11. The van der Waals surface area contributed by atoms with Gasteiger partial charge < -0.3 is 40.6 Å². The number of hydrogen-bond donors (Lipinski definition) is 5. The Bertz CT molecular complexity index is 1250. The molecule has 2 bridgehead atoms. The number of primary amides is 1. The van der Waals surface area contributed by atoms with E-state index in [0.29, 0.717) is 17.6 Å². The molecular formula is C31H43N3O8. The van der Waals surface area contributed by atoms with Gasteiger partial charge in [0.15, 0.2) is 6.10 Å². The Morgan fingerprint density at radius 3 is 2.50 bits per heavy atom. The summed E-state index contributed by atoms with van der Waals surface area (Å²) in [6.45, 7) is 10.6. The van der Waals surface area contributed by atoms with Crippen LogP contribution in [0.25, 0.3) is 0 Å². The van der Waals surface area contributed by atoms with Gasteiger partial charge in [-0.25, -0.2) is 4.79 Å². The number of allylic oxidation sites excluding steroid dienone is 3. The van der Waals surface area contributed by atoms with E-state index in [9.17, 15) is 24.9 Å². The second-order valence-corrected chi connectivity index (χ2v) is 10.5. The second-order valence-electron chi connectivity index (χ2n) is 10.5. The number of nitrogens with two attached hydrogens (primary N) is 1. The Kier molecular flexibility index (Phi) is 13.0. The average molecular weight is 586 g/mol. The fourth-order valence-electron chi connectivity index (χ4n) is 4.87. The number of carbonyl (C=O) groups is 2. The Morgan fingerprint density at radius 2 is 1.90 bits per heavy atom. The van der Waals surface area contributed by atoms with Gasteiger partial charge in [0.2, 0.25) is 0 Å². The number of aromatic hydroxyl groups is 2. The predicted molar refractivity (Wildman–Crippen MR) is 162 cm³/mol. The highest BCUT2D eigenvalue weighted by atomic mass is 16.6. The van der Waals surface area contributed by atoms with Gasteiger partial charge in [-0.2, -0.15) is 0 Å². The molecule has 1 aliphatic rings. The van der Waals surface area contributed by atoms with Crippen molar-refractivity contribution >= 4 is 29.6 Å². The molecule has 1 aromatic rings. The number of rotatable bonds is 5. The van der Waals surface area contributed by atoms with Crippen LogP contribution in [-0.4, -0.2) is 72.2 Å². The van der Waals surface area contributed by atoms with Crippen LogP contribution in [0.1, 0.15) is 39.7 Å². The Labute approximate surface area is 247 Å². The number of phenols is 2. The van der Waals surface area contributed by atoms with Crippen molar-refractivity contribution in [2.45, 2.75) is 65.0 Å². The van der Waals surface area contributed by atoms with Gasteiger partial charge in [0, 0.05) is 43.6 Å². The maximum absolute atomic E-state index is 13.0. The molecule has 0 spiro atoms. The van der Waals surface area contributed by atoms with E-state index in [1.165, 1.54) is 38.7 Å². The molecular weight excluding hydrogens is 542 g/mol. The van der Waals surface area contributed by atoms with E-state index in [4.69, 9.17) is 19.9 Å². The lowest BCUT2D eigenvalue weighted by Gasteiger charge is -2.29. The number of fused-ring (bicyclic) bond motifs is 2.